The third kappa shape index (κ3) is 14.4. The first-order valence-electron chi connectivity index (χ1n) is 17.6. The van der Waals surface area contributed by atoms with E-state index in [1.807, 2.05) is 4.90 Å². The summed E-state index contributed by atoms with van der Waals surface area (Å²) >= 11 is 0. The number of carbonyl (C=O) groups is 5. The highest BCUT2D eigenvalue weighted by Gasteiger charge is 2.39. The second-order valence-corrected chi connectivity index (χ2v) is 13.9. The number of aliphatic hydroxyl groups excluding tert-OH is 1. The van der Waals surface area contributed by atoms with Crippen molar-refractivity contribution in [3.63, 3.8) is 0 Å². The summed E-state index contributed by atoms with van der Waals surface area (Å²) in [5.74, 6) is -4.04. The maximum atomic E-state index is 13.1. The lowest BCUT2D eigenvalue weighted by atomic mass is 9.77. The standard InChI is InChI=1S/C31H56BN7O11/c1-22(31(48)39-8-2-3-25(39)32(49)50)34-30(47)24-6-4-23(5-7-24)17-33-26(40)18-35-9-11-36(19-27(41)42)13-15-38(21-29(45)46)16-14-37(12-10-35)20-28(43)44/h22-25,31,48-50H,2-21H2,1H3,(H,33,40)(H,34,47)(H,41,42)(H,43,44)(H,45,46)/t22-,23?,24?,25+,31-/m1/s1. The van der Waals surface area contributed by atoms with Crippen LogP contribution in [0.25, 0.3) is 0 Å². The second kappa shape index (κ2) is 20.8. The van der Waals surface area contributed by atoms with Gasteiger partial charge >= 0.3 is 25.0 Å². The van der Waals surface area contributed by atoms with E-state index in [0.29, 0.717) is 84.7 Å². The van der Waals surface area contributed by atoms with Crippen molar-refractivity contribution >= 4 is 36.8 Å². The highest BCUT2D eigenvalue weighted by Crippen LogP contribution is 2.29. The summed E-state index contributed by atoms with van der Waals surface area (Å²) in [7, 11) is -1.56. The summed E-state index contributed by atoms with van der Waals surface area (Å²) in [4.78, 5) is 69.0. The molecule has 3 atom stereocenters. The molecule has 3 aliphatic rings. The number of nitrogens with one attached hydrogen (secondary N) is 2. The molecular weight excluding hydrogens is 657 g/mol. The summed E-state index contributed by atoms with van der Waals surface area (Å²) < 4.78 is 0. The number of aliphatic hydroxyl groups is 1. The molecule has 50 heavy (non-hydrogen) atoms. The number of carboxylic acid groups (broad SMARTS) is 3. The van der Waals surface area contributed by atoms with Crippen molar-refractivity contribution in [2.24, 2.45) is 11.8 Å². The number of carboxylic acids is 3. The summed E-state index contributed by atoms with van der Waals surface area (Å²) in [6, 6.07) is -0.594. The fourth-order valence-electron chi connectivity index (χ4n) is 7.10. The molecule has 8 N–H and O–H groups in total. The van der Waals surface area contributed by atoms with E-state index in [1.54, 1.807) is 26.5 Å². The second-order valence-electron chi connectivity index (χ2n) is 13.9. The molecule has 0 aromatic carbocycles. The van der Waals surface area contributed by atoms with Crippen LogP contribution in [0.15, 0.2) is 0 Å². The van der Waals surface area contributed by atoms with Gasteiger partial charge in [-0.1, -0.05) is 0 Å². The highest BCUT2D eigenvalue weighted by atomic mass is 16.4. The third-order valence-electron chi connectivity index (χ3n) is 10.0. The van der Waals surface area contributed by atoms with Crippen LogP contribution in [0.2, 0.25) is 0 Å². The highest BCUT2D eigenvalue weighted by molar-refractivity contribution is 6.43. The molecule has 2 heterocycles. The third-order valence-corrected chi connectivity index (χ3v) is 10.0. The molecule has 18 nitrogen and oxygen atoms in total. The van der Waals surface area contributed by atoms with Crippen molar-refractivity contribution in [1.82, 2.24) is 35.1 Å². The Labute approximate surface area is 293 Å². The van der Waals surface area contributed by atoms with Crippen molar-refractivity contribution < 1.29 is 54.4 Å². The van der Waals surface area contributed by atoms with Gasteiger partial charge in [0.15, 0.2) is 0 Å². The molecule has 0 aromatic rings. The molecule has 0 spiro atoms. The molecule has 19 heteroatoms. The zero-order chi connectivity index (χ0) is 36.8. The van der Waals surface area contributed by atoms with Crippen LogP contribution in [-0.4, -0.2) is 202 Å². The number of amides is 2. The first kappa shape index (κ1) is 41.5. The van der Waals surface area contributed by atoms with Gasteiger partial charge in [-0.25, -0.2) is 0 Å². The Kier molecular flexibility index (Phi) is 17.3. The Morgan fingerprint density at radius 1 is 0.680 bits per heavy atom. The van der Waals surface area contributed by atoms with E-state index in [0.717, 1.165) is 19.3 Å². The normalized spacial score (nSPS) is 25.5. The molecule has 1 saturated carbocycles. The molecule has 1 aliphatic carbocycles. The topological polar surface area (TPSA) is 247 Å². The largest absolute Gasteiger partial charge is 0.480 e. The van der Waals surface area contributed by atoms with E-state index in [-0.39, 0.29) is 49.8 Å². The number of hydrogen-bond donors (Lipinski definition) is 8. The van der Waals surface area contributed by atoms with Crippen LogP contribution >= 0.6 is 0 Å². The molecule has 2 aliphatic heterocycles. The number of nitrogens with zero attached hydrogens (tertiary/aromatic N) is 5. The molecule has 2 saturated heterocycles. The van der Waals surface area contributed by atoms with Gasteiger partial charge in [0.05, 0.1) is 32.2 Å². The Morgan fingerprint density at radius 3 is 1.54 bits per heavy atom. The van der Waals surface area contributed by atoms with Crippen molar-refractivity contribution in [2.75, 3.05) is 91.6 Å². The molecule has 0 radical (unpaired) electrons. The Hall–Kier alpha value is -2.91. The molecule has 0 unspecified atom stereocenters. The number of rotatable bonds is 15. The minimum absolute atomic E-state index is 0.0378. The summed E-state index contributed by atoms with van der Waals surface area (Å²) in [5.41, 5.74) is 0. The van der Waals surface area contributed by atoms with Crippen LogP contribution < -0.4 is 10.6 Å². The summed E-state index contributed by atoms with van der Waals surface area (Å²) in [6.45, 7) is 4.50. The Bertz CT molecular complexity index is 1100. The Morgan fingerprint density at radius 2 is 1.12 bits per heavy atom. The van der Waals surface area contributed by atoms with Gasteiger partial charge in [-0.3, -0.25) is 48.5 Å². The lowest BCUT2D eigenvalue weighted by Crippen LogP contribution is -2.56. The van der Waals surface area contributed by atoms with E-state index in [9.17, 15) is 54.4 Å². The monoisotopic (exact) mass is 713 g/mol. The molecular formula is C31H56BN7O11. The molecule has 3 fully saturated rings. The van der Waals surface area contributed by atoms with Gasteiger partial charge < -0.3 is 41.1 Å². The zero-order valence-corrected chi connectivity index (χ0v) is 29.1. The predicted octanol–water partition coefficient (Wildman–Crippen LogP) is -3.32. The molecule has 0 aromatic heterocycles. The van der Waals surface area contributed by atoms with Crippen LogP contribution in [0.3, 0.4) is 0 Å². The van der Waals surface area contributed by atoms with Gasteiger partial charge in [0.2, 0.25) is 11.8 Å². The fraction of sp³-hybridized carbons (Fsp3) is 0.839. The van der Waals surface area contributed by atoms with E-state index >= 15 is 0 Å². The number of hydrogen-bond acceptors (Lipinski definition) is 13. The van der Waals surface area contributed by atoms with E-state index < -0.39 is 43.2 Å². The first-order chi connectivity index (χ1) is 23.7. The van der Waals surface area contributed by atoms with Gasteiger partial charge in [0.25, 0.3) is 0 Å². The van der Waals surface area contributed by atoms with Crippen molar-refractivity contribution in [3.05, 3.63) is 0 Å². The molecule has 3 rings (SSSR count). The average molecular weight is 714 g/mol. The SMILES string of the molecule is C[C@@H](NC(=O)C1CCC(CNC(=O)CN2CCN(CC(=O)O)CCN(CC(=O)O)CCN(CC(=O)O)CC2)CC1)[C@@H](O)N1CCC[C@H]1B(O)O. The average Bonchev–Trinajstić information content (AvgIpc) is 3.55. The molecule has 284 valence electrons. The summed E-state index contributed by atoms with van der Waals surface area (Å²) in [6.07, 6.45) is 2.98. The number of carbonyl (C=O) groups excluding carboxylic acids is 2. The smallest absolute Gasteiger partial charge is 0.469 e. The van der Waals surface area contributed by atoms with Gasteiger partial charge in [-0.2, -0.15) is 0 Å². The van der Waals surface area contributed by atoms with E-state index in [4.69, 9.17) is 0 Å². The van der Waals surface area contributed by atoms with Crippen LogP contribution in [-0.2, 0) is 24.0 Å². The van der Waals surface area contributed by atoms with Crippen LogP contribution in [0.1, 0.15) is 45.4 Å². The number of aliphatic carboxylic acids is 3. The van der Waals surface area contributed by atoms with Crippen LogP contribution in [0.4, 0.5) is 0 Å². The van der Waals surface area contributed by atoms with Crippen molar-refractivity contribution in [2.45, 2.75) is 63.7 Å². The fourth-order valence-corrected chi connectivity index (χ4v) is 7.10. The lowest BCUT2D eigenvalue weighted by molar-refractivity contribution is -0.140. The lowest BCUT2D eigenvalue weighted by Gasteiger charge is -2.34. The van der Waals surface area contributed by atoms with Crippen molar-refractivity contribution in [3.8, 4) is 0 Å². The number of likely N-dealkylation sites (tertiary alicyclic amines) is 1. The minimum Gasteiger partial charge on any atom is -0.480 e. The van der Waals surface area contributed by atoms with Crippen LogP contribution in [0, 0.1) is 11.8 Å². The minimum atomic E-state index is -1.56. The zero-order valence-electron chi connectivity index (χ0n) is 29.1. The van der Waals surface area contributed by atoms with Gasteiger partial charge in [-0.15, -0.1) is 0 Å². The van der Waals surface area contributed by atoms with Gasteiger partial charge in [0.1, 0.15) is 6.23 Å². The maximum Gasteiger partial charge on any atom is 0.469 e. The van der Waals surface area contributed by atoms with Crippen LogP contribution in [0.5, 0.6) is 0 Å². The Balaban J connectivity index is 1.48. The van der Waals surface area contributed by atoms with Gasteiger partial charge in [0, 0.05) is 77.3 Å². The van der Waals surface area contributed by atoms with E-state index in [2.05, 4.69) is 10.6 Å². The molecule has 0 bridgehead atoms. The van der Waals surface area contributed by atoms with E-state index in [1.165, 1.54) is 0 Å². The summed E-state index contributed by atoms with van der Waals surface area (Å²) in [5, 5.41) is 64.0. The molecule has 2 amide bonds. The predicted molar refractivity (Wildman–Crippen MR) is 181 cm³/mol. The first-order valence-corrected chi connectivity index (χ1v) is 17.6. The van der Waals surface area contributed by atoms with Crippen molar-refractivity contribution in [1.29, 1.82) is 0 Å². The van der Waals surface area contributed by atoms with Gasteiger partial charge in [-0.05, 0) is 51.4 Å². The quantitative estimate of drug-likeness (QED) is 0.0774. The maximum absolute atomic E-state index is 13.1.